The minimum absolute atomic E-state index is 0.255. The van der Waals surface area contributed by atoms with Crippen LogP contribution in [0.1, 0.15) is 18.1 Å². The summed E-state index contributed by atoms with van der Waals surface area (Å²) >= 11 is 7.20. The largest absolute Gasteiger partial charge is 0.490 e. The van der Waals surface area contributed by atoms with Crippen LogP contribution < -0.4 is 14.8 Å². The molecule has 1 amide bonds. The maximum Gasteiger partial charge on any atom is 0.341 e. The average molecular weight is 447 g/mol. The van der Waals surface area contributed by atoms with Gasteiger partial charge >= 0.3 is 5.97 Å². The van der Waals surface area contributed by atoms with Crippen molar-refractivity contribution in [2.45, 2.75) is 13.8 Å². The second-order valence-corrected chi connectivity index (χ2v) is 7.70. The lowest BCUT2D eigenvalue weighted by molar-refractivity contribution is -0.139. The monoisotopic (exact) mass is 446 g/mol. The summed E-state index contributed by atoms with van der Waals surface area (Å²) in [6.45, 7) is 3.62. The Balaban J connectivity index is 1.82. The maximum absolute atomic E-state index is 12.3. The molecular formula is C21H19ClN2O5S. The number of carboxylic acids is 1. The minimum Gasteiger partial charge on any atom is -0.490 e. The van der Waals surface area contributed by atoms with Crippen LogP contribution in [0.15, 0.2) is 46.3 Å². The van der Waals surface area contributed by atoms with E-state index in [9.17, 15) is 9.59 Å². The number of rotatable bonds is 7. The van der Waals surface area contributed by atoms with Crippen LogP contribution in [0.5, 0.6) is 11.5 Å². The summed E-state index contributed by atoms with van der Waals surface area (Å²) in [6.07, 6.45) is 1.71. The Morgan fingerprint density at radius 2 is 2.03 bits per heavy atom. The van der Waals surface area contributed by atoms with Crippen molar-refractivity contribution >= 4 is 52.2 Å². The van der Waals surface area contributed by atoms with Gasteiger partial charge in [-0.2, -0.15) is 0 Å². The highest BCUT2D eigenvalue weighted by molar-refractivity contribution is 8.18. The first-order valence-corrected chi connectivity index (χ1v) is 10.2. The molecule has 1 fully saturated rings. The highest BCUT2D eigenvalue weighted by Crippen LogP contribution is 2.33. The molecule has 2 aromatic rings. The van der Waals surface area contributed by atoms with E-state index in [1.165, 1.54) is 11.8 Å². The number of carbonyl (C=O) groups is 2. The van der Waals surface area contributed by atoms with Crippen molar-refractivity contribution < 1.29 is 24.2 Å². The van der Waals surface area contributed by atoms with Gasteiger partial charge in [0.15, 0.2) is 23.3 Å². The number of aryl methyl sites for hydroxylation is 1. The number of hydrogen-bond acceptors (Lipinski definition) is 6. The van der Waals surface area contributed by atoms with Gasteiger partial charge < -0.3 is 19.9 Å². The molecule has 0 unspecified atom stereocenters. The molecule has 1 aliphatic heterocycles. The van der Waals surface area contributed by atoms with Gasteiger partial charge in [0.2, 0.25) is 0 Å². The number of amides is 1. The Morgan fingerprint density at radius 1 is 1.23 bits per heavy atom. The van der Waals surface area contributed by atoms with Crippen molar-refractivity contribution in [2.75, 3.05) is 13.2 Å². The molecule has 3 rings (SSSR count). The molecule has 0 saturated carbocycles. The van der Waals surface area contributed by atoms with E-state index in [-0.39, 0.29) is 5.91 Å². The number of halogens is 1. The number of carboxylic acid groups (broad SMARTS) is 1. The summed E-state index contributed by atoms with van der Waals surface area (Å²) in [4.78, 5) is 28.0. The predicted molar refractivity (Wildman–Crippen MR) is 118 cm³/mol. The molecule has 0 atom stereocenters. The number of amidine groups is 1. The topological polar surface area (TPSA) is 97.2 Å². The van der Waals surface area contributed by atoms with Crippen molar-refractivity contribution in [3.63, 3.8) is 0 Å². The summed E-state index contributed by atoms with van der Waals surface area (Å²) in [5.74, 6) is -0.604. The van der Waals surface area contributed by atoms with Gasteiger partial charge in [0.25, 0.3) is 5.91 Å². The first-order valence-electron chi connectivity index (χ1n) is 9.03. The van der Waals surface area contributed by atoms with Gasteiger partial charge in [-0.1, -0.05) is 17.7 Å². The lowest BCUT2D eigenvalue weighted by Crippen LogP contribution is -2.19. The number of thioether (sulfide) groups is 1. The zero-order chi connectivity index (χ0) is 21.7. The highest BCUT2D eigenvalue weighted by atomic mass is 35.5. The van der Waals surface area contributed by atoms with Gasteiger partial charge in [-0.3, -0.25) is 4.79 Å². The zero-order valence-electron chi connectivity index (χ0n) is 16.3. The number of nitrogens with one attached hydrogen (secondary N) is 1. The van der Waals surface area contributed by atoms with E-state index in [4.69, 9.17) is 26.2 Å². The fourth-order valence-electron chi connectivity index (χ4n) is 2.63. The summed E-state index contributed by atoms with van der Waals surface area (Å²) in [5.41, 5.74) is 2.34. The summed E-state index contributed by atoms with van der Waals surface area (Å²) in [5, 5.41) is 12.6. The molecule has 0 bridgehead atoms. The summed E-state index contributed by atoms with van der Waals surface area (Å²) < 4.78 is 10.8. The van der Waals surface area contributed by atoms with Gasteiger partial charge in [-0.05, 0) is 73.1 Å². The zero-order valence-corrected chi connectivity index (χ0v) is 17.8. The second-order valence-electron chi connectivity index (χ2n) is 6.23. The second kappa shape index (κ2) is 9.69. The minimum atomic E-state index is -1.08. The number of benzene rings is 2. The molecule has 1 saturated heterocycles. The first-order chi connectivity index (χ1) is 14.4. The van der Waals surface area contributed by atoms with E-state index in [0.29, 0.717) is 38.8 Å². The molecule has 2 aromatic carbocycles. The predicted octanol–water partition coefficient (Wildman–Crippen LogP) is 4.40. The van der Waals surface area contributed by atoms with Crippen molar-refractivity contribution in [1.29, 1.82) is 0 Å². The van der Waals surface area contributed by atoms with Crippen molar-refractivity contribution in [3.8, 4) is 11.5 Å². The Bertz CT molecular complexity index is 1050. The normalized spacial score (nSPS) is 16.0. The Kier molecular flexibility index (Phi) is 7.02. The van der Waals surface area contributed by atoms with Crippen molar-refractivity contribution in [2.24, 2.45) is 4.99 Å². The van der Waals surface area contributed by atoms with Crippen LogP contribution in [0.4, 0.5) is 5.69 Å². The molecular weight excluding hydrogens is 428 g/mol. The smallest absolute Gasteiger partial charge is 0.341 e. The van der Waals surface area contributed by atoms with Crippen LogP contribution in [0.3, 0.4) is 0 Å². The molecule has 9 heteroatoms. The maximum atomic E-state index is 12.3. The van der Waals surface area contributed by atoms with E-state index in [1.807, 2.05) is 19.9 Å². The number of nitrogens with zero attached hydrogens (tertiary/aromatic N) is 1. The SMILES string of the molecule is CCOc1cc(/C=C2\SC(=Nc3ccc(Cl)cc3C)NC2=O)ccc1OCC(=O)O. The van der Waals surface area contributed by atoms with E-state index in [0.717, 1.165) is 11.3 Å². The number of aliphatic carboxylic acids is 1. The molecule has 30 heavy (non-hydrogen) atoms. The fraction of sp³-hybridized carbons (Fsp3) is 0.190. The Morgan fingerprint density at radius 3 is 2.73 bits per heavy atom. The number of ether oxygens (including phenoxy) is 2. The fourth-order valence-corrected chi connectivity index (χ4v) is 3.69. The number of aliphatic imine (C=N–C) groups is 1. The van der Waals surface area contributed by atoms with E-state index >= 15 is 0 Å². The molecule has 0 aromatic heterocycles. The third-order valence-electron chi connectivity index (χ3n) is 3.95. The average Bonchev–Trinajstić information content (AvgIpc) is 3.02. The third-order valence-corrected chi connectivity index (χ3v) is 5.09. The molecule has 2 N–H and O–H groups in total. The van der Waals surface area contributed by atoms with Crippen LogP contribution in [-0.4, -0.2) is 35.4 Å². The van der Waals surface area contributed by atoms with Crippen LogP contribution in [0.25, 0.3) is 6.08 Å². The summed E-state index contributed by atoms with van der Waals surface area (Å²) in [7, 11) is 0. The van der Waals surface area contributed by atoms with Crippen LogP contribution in [0.2, 0.25) is 5.02 Å². The molecule has 0 radical (unpaired) electrons. The lowest BCUT2D eigenvalue weighted by Gasteiger charge is -2.11. The molecule has 0 aliphatic carbocycles. The Hall–Kier alpha value is -2.97. The van der Waals surface area contributed by atoms with E-state index in [1.54, 1.807) is 36.4 Å². The molecule has 7 nitrogen and oxygen atoms in total. The quantitative estimate of drug-likeness (QED) is 0.612. The molecule has 156 valence electrons. The van der Waals surface area contributed by atoms with Crippen LogP contribution in [0, 0.1) is 6.92 Å². The van der Waals surface area contributed by atoms with Gasteiger partial charge in [0, 0.05) is 5.02 Å². The van der Waals surface area contributed by atoms with Gasteiger partial charge in [-0.15, -0.1) is 0 Å². The standard InChI is InChI=1S/C21H19ClN2O5S/c1-3-28-17-9-13(4-7-16(17)29-11-19(25)26)10-18-20(27)24-21(30-18)23-15-6-5-14(22)8-12(15)2/h4-10H,3,11H2,1-2H3,(H,25,26)(H,23,24,27)/b18-10-. The van der Waals surface area contributed by atoms with Crippen molar-refractivity contribution in [1.82, 2.24) is 5.32 Å². The first kappa shape index (κ1) is 21.7. The summed E-state index contributed by atoms with van der Waals surface area (Å²) in [6, 6.07) is 10.4. The van der Waals surface area contributed by atoms with Gasteiger partial charge in [0.1, 0.15) is 0 Å². The van der Waals surface area contributed by atoms with E-state index < -0.39 is 12.6 Å². The highest BCUT2D eigenvalue weighted by Gasteiger charge is 2.24. The van der Waals surface area contributed by atoms with E-state index in [2.05, 4.69) is 10.3 Å². The van der Waals surface area contributed by atoms with Crippen LogP contribution >= 0.6 is 23.4 Å². The molecule has 1 heterocycles. The number of carbonyl (C=O) groups excluding carboxylic acids is 1. The number of hydrogen-bond donors (Lipinski definition) is 2. The van der Waals surface area contributed by atoms with Crippen molar-refractivity contribution in [3.05, 3.63) is 57.5 Å². The molecule has 1 aliphatic rings. The van der Waals surface area contributed by atoms with Gasteiger partial charge in [-0.25, -0.2) is 9.79 Å². The van der Waals surface area contributed by atoms with Crippen LogP contribution in [-0.2, 0) is 9.59 Å². The van der Waals surface area contributed by atoms with Gasteiger partial charge in [0.05, 0.1) is 17.2 Å². The lowest BCUT2D eigenvalue weighted by atomic mass is 10.2. The molecule has 0 spiro atoms. The third kappa shape index (κ3) is 5.55. The Labute approximate surface area is 182 Å².